The molecule has 0 spiro atoms. The number of aromatic nitrogens is 2. The SMILES string of the molecule is O=C(c1cnc2ccccn2c1=O)N1CCCC1C1(O)CC1. The van der Waals surface area contributed by atoms with Gasteiger partial charge in [-0.15, -0.1) is 0 Å². The van der Waals surface area contributed by atoms with Crippen LogP contribution >= 0.6 is 0 Å². The number of nitrogens with zero attached hydrogens (tertiary/aromatic N) is 3. The molecule has 2 aliphatic rings. The summed E-state index contributed by atoms with van der Waals surface area (Å²) >= 11 is 0. The van der Waals surface area contributed by atoms with Crippen LogP contribution in [0.25, 0.3) is 5.65 Å². The fraction of sp³-hybridized carbons (Fsp3) is 0.438. The van der Waals surface area contributed by atoms with E-state index in [1.165, 1.54) is 10.6 Å². The van der Waals surface area contributed by atoms with E-state index in [2.05, 4.69) is 4.98 Å². The zero-order valence-electron chi connectivity index (χ0n) is 12.1. The smallest absolute Gasteiger partial charge is 0.270 e. The number of likely N-dealkylation sites (tertiary alicyclic amines) is 1. The van der Waals surface area contributed by atoms with E-state index >= 15 is 0 Å². The maximum absolute atomic E-state index is 12.8. The second-order valence-corrected chi connectivity index (χ2v) is 6.17. The van der Waals surface area contributed by atoms with Crippen LogP contribution in [-0.2, 0) is 0 Å². The van der Waals surface area contributed by atoms with E-state index in [9.17, 15) is 14.7 Å². The topological polar surface area (TPSA) is 74.9 Å². The third-order valence-electron chi connectivity index (χ3n) is 4.74. The van der Waals surface area contributed by atoms with Gasteiger partial charge in [0.15, 0.2) is 0 Å². The van der Waals surface area contributed by atoms with Gasteiger partial charge in [0.2, 0.25) is 0 Å². The van der Waals surface area contributed by atoms with E-state index in [1.54, 1.807) is 29.3 Å². The van der Waals surface area contributed by atoms with Crippen molar-refractivity contribution in [2.24, 2.45) is 0 Å². The molecule has 1 aliphatic heterocycles. The predicted molar refractivity (Wildman–Crippen MR) is 79.7 cm³/mol. The Morgan fingerprint density at radius 3 is 2.95 bits per heavy atom. The highest BCUT2D eigenvalue weighted by molar-refractivity contribution is 5.94. The van der Waals surface area contributed by atoms with E-state index < -0.39 is 5.60 Å². The molecule has 1 unspecified atom stereocenters. The van der Waals surface area contributed by atoms with Gasteiger partial charge in [-0.05, 0) is 37.8 Å². The van der Waals surface area contributed by atoms with Gasteiger partial charge in [-0.3, -0.25) is 14.0 Å². The minimum atomic E-state index is -0.743. The molecule has 114 valence electrons. The third kappa shape index (κ3) is 1.94. The molecule has 22 heavy (non-hydrogen) atoms. The molecule has 1 N–H and O–H groups in total. The average molecular weight is 299 g/mol. The number of rotatable bonds is 2. The van der Waals surface area contributed by atoms with Gasteiger partial charge in [-0.25, -0.2) is 4.98 Å². The third-order valence-corrected chi connectivity index (χ3v) is 4.74. The Morgan fingerprint density at radius 2 is 2.18 bits per heavy atom. The quantitative estimate of drug-likeness (QED) is 0.891. The van der Waals surface area contributed by atoms with E-state index in [-0.39, 0.29) is 23.1 Å². The molecule has 1 saturated carbocycles. The van der Waals surface area contributed by atoms with Gasteiger partial charge in [0.1, 0.15) is 11.2 Å². The Kier molecular flexibility index (Phi) is 2.84. The minimum Gasteiger partial charge on any atom is -0.388 e. The molecule has 2 fully saturated rings. The van der Waals surface area contributed by atoms with Crippen LogP contribution in [0.4, 0.5) is 0 Å². The van der Waals surface area contributed by atoms with Crippen molar-refractivity contribution in [1.82, 2.24) is 14.3 Å². The van der Waals surface area contributed by atoms with Crippen molar-refractivity contribution in [2.75, 3.05) is 6.54 Å². The van der Waals surface area contributed by atoms with Crippen molar-refractivity contribution in [3.05, 3.63) is 46.5 Å². The van der Waals surface area contributed by atoms with E-state index in [0.717, 1.165) is 25.7 Å². The monoisotopic (exact) mass is 299 g/mol. The summed E-state index contributed by atoms with van der Waals surface area (Å²) in [6, 6.07) is 5.08. The zero-order valence-corrected chi connectivity index (χ0v) is 12.1. The van der Waals surface area contributed by atoms with E-state index in [4.69, 9.17) is 0 Å². The first-order chi connectivity index (χ1) is 10.6. The van der Waals surface area contributed by atoms with Gasteiger partial charge < -0.3 is 10.0 Å². The summed E-state index contributed by atoms with van der Waals surface area (Å²) in [5.41, 5.74) is -0.515. The van der Waals surface area contributed by atoms with Crippen LogP contribution in [0, 0.1) is 0 Å². The summed E-state index contributed by atoms with van der Waals surface area (Å²) in [7, 11) is 0. The second kappa shape index (κ2) is 4.64. The number of carbonyl (C=O) groups excluding carboxylic acids is 1. The molecule has 1 amide bonds. The first kappa shape index (κ1) is 13.5. The molecular formula is C16H17N3O3. The lowest BCUT2D eigenvalue weighted by Gasteiger charge is -2.28. The summed E-state index contributed by atoms with van der Waals surface area (Å²) in [6.07, 6.45) is 6.09. The molecule has 3 heterocycles. The van der Waals surface area contributed by atoms with Crippen LogP contribution in [0.3, 0.4) is 0 Å². The highest BCUT2D eigenvalue weighted by Crippen LogP contribution is 2.44. The van der Waals surface area contributed by atoms with Crippen molar-refractivity contribution < 1.29 is 9.90 Å². The fourth-order valence-electron chi connectivity index (χ4n) is 3.36. The number of fused-ring (bicyclic) bond motifs is 1. The van der Waals surface area contributed by atoms with Crippen molar-refractivity contribution in [3.8, 4) is 0 Å². The molecule has 2 aromatic rings. The summed E-state index contributed by atoms with van der Waals surface area (Å²) in [4.78, 5) is 31.1. The lowest BCUT2D eigenvalue weighted by atomic mass is 10.1. The largest absolute Gasteiger partial charge is 0.388 e. The molecule has 1 atom stereocenters. The standard InChI is InChI=1S/C16H17N3O3/c20-14(18-9-3-4-12(18)16(22)6-7-16)11-10-17-13-5-1-2-8-19(13)15(11)21/h1-2,5,8,10,12,22H,3-4,6-7,9H2. The van der Waals surface area contributed by atoms with Gasteiger partial charge in [0.05, 0.1) is 11.6 Å². The van der Waals surface area contributed by atoms with Crippen molar-refractivity contribution >= 4 is 11.6 Å². The maximum Gasteiger partial charge on any atom is 0.270 e. The van der Waals surface area contributed by atoms with Crippen LogP contribution in [0.5, 0.6) is 0 Å². The highest BCUT2D eigenvalue weighted by atomic mass is 16.3. The van der Waals surface area contributed by atoms with Gasteiger partial charge in [-0.2, -0.15) is 0 Å². The molecule has 2 aromatic heterocycles. The highest BCUT2D eigenvalue weighted by Gasteiger charge is 2.52. The normalized spacial score (nSPS) is 23.0. The number of pyridine rings is 1. The molecule has 1 saturated heterocycles. The minimum absolute atomic E-state index is 0.0693. The van der Waals surface area contributed by atoms with Gasteiger partial charge >= 0.3 is 0 Å². The number of amides is 1. The fourth-order valence-corrected chi connectivity index (χ4v) is 3.36. The maximum atomic E-state index is 12.8. The van der Waals surface area contributed by atoms with Crippen LogP contribution in [0.15, 0.2) is 35.4 Å². The van der Waals surface area contributed by atoms with Crippen LogP contribution in [0.1, 0.15) is 36.0 Å². The Bertz CT molecular complexity index is 810. The molecule has 6 heteroatoms. The van der Waals surface area contributed by atoms with Crippen molar-refractivity contribution in [3.63, 3.8) is 0 Å². The summed E-state index contributed by atoms with van der Waals surface area (Å²) in [5.74, 6) is -0.321. The van der Waals surface area contributed by atoms with Crippen LogP contribution in [0.2, 0.25) is 0 Å². The Balaban J connectivity index is 1.74. The van der Waals surface area contributed by atoms with Crippen molar-refractivity contribution in [2.45, 2.75) is 37.3 Å². The number of aliphatic hydroxyl groups is 1. The molecule has 0 bridgehead atoms. The molecule has 4 rings (SSSR count). The van der Waals surface area contributed by atoms with Crippen LogP contribution in [-0.4, -0.2) is 43.5 Å². The first-order valence-corrected chi connectivity index (χ1v) is 7.60. The molecule has 0 aromatic carbocycles. The van der Waals surface area contributed by atoms with Gasteiger partial charge in [-0.1, -0.05) is 6.07 Å². The van der Waals surface area contributed by atoms with Crippen molar-refractivity contribution in [1.29, 1.82) is 0 Å². The van der Waals surface area contributed by atoms with Gasteiger partial charge in [0.25, 0.3) is 11.5 Å². The number of hydrogen-bond acceptors (Lipinski definition) is 4. The Morgan fingerprint density at radius 1 is 1.36 bits per heavy atom. The Hall–Kier alpha value is -2.21. The van der Waals surface area contributed by atoms with E-state index in [0.29, 0.717) is 12.2 Å². The molecular weight excluding hydrogens is 282 g/mol. The summed E-state index contributed by atoms with van der Waals surface area (Å²) in [6.45, 7) is 0.586. The molecule has 6 nitrogen and oxygen atoms in total. The molecule has 1 aliphatic carbocycles. The first-order valence-electron chi connectivity index (χ1n) is 7.60. The zero-order chi connectivity index (χ0) is 15.3. The summed E-state index contributed by atoms with van der Waals surface area (Å²) < 4.78 is 1.38. The van der Waals surface area contributed by atoms with E-state index in [1.807, 2.05) is 0 Å². The van der Waals surface area contributed by atoms with Gasteiger partial charge in [0, 0.05) is 18.9 Å². The number of hydrogen-bond donors (Lipinski definition) is 1. The summed E-state index contributed by atoms with van der Waals surface area (Å²) in [5, 5.41) is 10.3. The van der Waals surface area contributed by atoms with Crippen LogP contribution < -0.4 is 5.56 Å². The average Bonchev–Trinajstić information content (AvgIpc) is 3.09. The Labute approximate surface area is 127 Å². The lowest BCUT2D eigenvalue weighted by Crippen LogP contribution is -2.45. The predicted octanol–water partition coefficient (Wildman–Crippen LogP) is 0.824. The second-order valence-electron chi connectivity index (χ2n) is 6.17. The number of carbonyl (C=O) groups is 1. The molecule has 0 radical (unpaired) electrons. The lowest BCUT2D eigenvalue weighted by molar-refractivity contribution is 0.0384.